The molecule has 2 aromatic carbocycles. The standard InChI is InChI=1S/C25H27FN6O4/c1-17(33)29-14-21-15-32(25(35)36-21)20-7-8-22(23(26)13-20)18-3-5-19(6-4-18)30-24(34)28-9-2-11-31-12-10-27-16-31/h3-8,10,12-13,16,21H,2,9,11,14-15H2,1H3,(H,29,33)(H2,28,30,34)/t21-/m0/s1. The fourth-order valence-corrected chi connectivity index (χ4v) is 3.79. The number of benzene rings is 2. The van der Waals surface area contributed by atoms with Crippen molar-refractivity contribution in [3.8, 4) is 11.1 Å². The van der Waals surface area contributed by atoms with Crippen molar-refractivity contribution in [2.45, 2.75) is 26.0 Å². The number of ether oxygens (including phenoxy) is 1. The molecule has 0 unspecified atom stereocenters. The molecule has 1 aromatic heterocycles. The Morgan fingerprint density at radius 1 is 1.17 bits per heavy atom. The summed E-state index contributed by atoms with van der Waals surface area (Å²) in [7, 11) is 0. The molecular formula is C25H27FN6O4. The Hall–Kier alpha value is -4.41. The molecule has 0 radical (unpaired) electrons. The van der Waals surface area contributed by atoms with Gasteiger partial charge < -0.3 is 25.3 Å². The molecule has 11 heteroatoms. The van der Waals surface area contributed by atoms with Crippen LogP contribution in [0.3, 0.4) is 0 Å². The first-order chi connectivity index (χ1) is 17.4. The number of halogens is 1. The Bertz CT molecular complexity index is 1220. The third-order valence-corrected chi connectivity index (χ3v) is 5.61. The number of aryl methyl sites for hydroxylation is 1. The number of hydrogen-bond acceptors (Lipinski definition) is 5. The first-order valence-electron chi connectivity index (χ1n) is 11.5. The number of urea groups is 1. The van der Waals surface area contributed by atoms with Gasteiger partial charge in [-0.3, -0.25) is 9.69 Å². The molecule has 1 aliphatic rings. The van der Waals surface area contributed by atoms with E-state index in [9.17, 15) is 18.8 Å². The predicted octanol–water partition coefficient (Wildman–Crippen LogP) is 3.36. The van der Waals surface area contributed by atoms with E-state index in [0.29, 0.717) is 29.0 Å². The maximum absolute atomic E-state index is 14.9. The van der Waals surface area contributed by atoms with Gasteiger partial charge in [-0.2, -0.15) is 0 Å². The van der Waals surface area contributed by atoms with Crippen LogP contribution in [-0.2, 0) is 16.1 Å². The molecule has 10 nitrogen and oxygen atoms in total. The van der Waals surface area contributed by atoms with Crippen LogP contribution in [0.15, 0.2) is 61.2 Å². The van der Waals surface area contributed by atoms with Gasteiger partial charge in [0.15, 0.2) is 0 Å². The third kappa shape index (κ3) is 6.38. The Labute approximate surface area is 207 Å². The number of nitrogens with zero attached hydrogens (tertiary/aromatic N) is 3. The Kier molecular flexibility index (Phi) is 7.79. The summed E-state index contributed by atoms with van der Waals surface area (Å²) >= 11 is 0. The van der Waals surface area contributed by atoms with Gasteiger partial charge in [0.2, 0.25) is 5.91 Å². The minimum atomic E-state index is -0.590. The summed E-state index contributed by atoms with van der Waals surface area (Å²) in [6.45, 7) is 3.06. The van der Waals surface area contributed by atoms with Gasteiger partial charge in [-0.15, -0.1) is 0 Å². The smallest absolute Gasteiger partial charge is 0.414 e. The number of aromatic nitrogens is 2. The molecule has 1 atom stereocenters. The summed E-state index contributed by atoms with van der Waals surface area (Å²) in [5, 5.41) is 8.16. The molecular weight excluding hydrogens is 467 g/mol. The maximum Gasteiger partial charge on any atom is 0.414 e. The SMILES string of the molecule is CC(=O)NC[C@H]1CN(c2ccc(-c3ccc(NC(=O)NCCCn4ccnc4)cc3)c(F)c2)C(=O)O1. The van der Waals surface area contributed by atoms with Crippen molar-refractivity contribution in [1.82, 2.24) is 20.2 Å². The Morgan fingerprint density at radius 3 is 2.67 bits per heavy atom. The van der Waals surface area contributed by atoms with Crippen LogP contribution in [-0.4, -0.2) is 53.3 Å². The van der Waals surface area contributed by atoms with Crippen LogP contribution in [0.1, 0.15) is 13.3 Å². The van der Waals surface area contributed by atoms with Crippen molar-refractivity contribution in [2.24, 2.45) is 0 Å². The van der Waals surface area contributed by atoms with Crippen LogP contribution in [0.5, 0.6) is 0 Å². The van der Waals surface area contributed by atoms with Crippen LogP contribution in [0.2, 0.25) is 0 Å². The van der Waals surface area contributed by atoms with Crippen LogP contribution >= 0.6 is 0 Å². The van der Waals surface area contributed by atoms with Crippen molar-refractivity contribution in [3.63, 3.8) is 0 Å². The van der Waals surface area contributed by atoms with Gasteiger partial charge in [0.25, 0.3) is 0 Å². The van der Waals surface area contributed by atoms with Crippen LogP contribution in [0.25, 0.3) is 11.1 Å². The lowest BCUT2D eigenvalue weighted by molar-refractivity contribution is -0.119. The van der Waals surface area contributed by atoms with Crippen molar-refractivity contribution in [2.75, 3.05) is 29.9 Å². The van der Waals surface area contributed by atoms with Gasteiger partial charge in [0, 0.05) is 43.7 Å². The fraction of sp³-hybridized carbons (Fsp3) is 0.280. The molecule has 1 aliphatic heterocycles. The molecule has 188 valence electrons. The van der Waals surface area contributed by atoms with E-state index in [1.807, 2.05) is 10.8 Å². The minimum absolute atomic E-state index is 0.196. The zero-order valence-corrected chi connectivity index (χ0v) is 19.7. The van der Waals surface area contributed by atoms with Crippen molar-refractivity contribution in [1.29, 1.82) is 0 Å². The lowest BCUT2D eigenvalue weighted by Crippen LogP contribution is -2.33. The molecule has 0 aliphatic carbocycles. The summed E-state index contributed by atoms with van der Waals surface area (Å²) in [6.07, 6.45) is 4.97. The topological polar surface area (TPSA) is 118 Å². The van der Waals surface area contributed by atoms with E-state index >= 15 is 0 Å². The highest BCUT2D eigenvalue weighted by Gasteiger charge is 2.32. The number of nitrogens with one attached hydrogen (secondary N) is 3. The van der Waals surface area contributed by atoms with E-state index in [0.717, 1.165) is 13.0 Å². The second kappa shape index (κ2) is 11.3. The summed E-state index contributed by atoms with van der Waals surface area (Å²) in [5.74, 6) is -0.717. The van der Waals surface area contributed by atoms with E-state index in [2.05, 4.69) is 20.9 Å². The van der Waals surface area contributed by atoms with Crippen molar-refractivity contribution >= 4 is 29.4 Å². The average Bonchev–Trinajstić information content (AvgIpc) is 3.50. The summed E-state index contributed by atoms with van der Waals surface area (Å²) in [5.41, 5.74) is 1.93. The van der Waals surface area contributed by atoms with Gasteiger partial charge >= 0.3 is 12.1 Å². The van der Waals surface area contributed by atoms with Crippen LogP contribution < -0.4 is 20.9 Å². The van der Waals surface area contributed by atoms with E-state index in [-0.39, 0.29) is 25.0 Å². The number of carbonyl (C=O) groups is 3. The second-order valence-corrected chi connectivity index (χ2v) is 8.33. The van der Waals surface area contributed by atoms with E-state index in [1.54, 1.807) is 48.9 Å². The molecule has 1 fully saturated rings. The molecule has 0 saturated carbocycles. The van der Waals surface area contributed by atoms with E-state index < -0.39 is 18.0 Å². The van der Waals surface area contributed by atoms with Gasteiger partial charge in [-0.25, -0.2) is 19.0 Å². The molecule has 3 N–H and O–H groups in total. The third-order valence-electron chi connectivity index (χ3n) is 5.61. The monoisotopic (exact) mass is 494 g/mol. The molecule has 1 saturated heterocycles. The highest BCUT2D eigenvalue weighted by atomic mass is 19.1. The number of carbonyl (C=O) groups excluding carboxylic acids is 3. The first-order valence-corrected chi connectivity index (χ1v) is 11.5. The maximum atomic E-state index is 14.9. The van der Waals surface area contributed by atoms with Crippen molar-refractivity contribution in [3.05, 3.63) is 67.0 Å². The molecule has 0 spiro atoms. The lowest BCUT2D eigenvalue weighted by Gasteiger charge is -2.15. The van der Waals surface area contributed by atoms with Gasteiger partial charge in [-0.05, 0) is 42.3 Å². The number of anilines is 2. The van der Waals surface area contributed by atoms with E-state index in [4.69, 9.17) is 4.74 Å². The zero-order valence-electron chi connectivity index (χ0n) is 19.7. The molecule has 4 rings (SSSR count). The number of imidazole rings is 1. The largest absolute Gasteiger partial charge is 0.442 e. The molecule has 36 heavy (non-hydrogen) atoms. The van der Waals surface area contributed by atoms with Crippen molar-refractivity contribution < 1.29 is 23.5 Å². The number of hydrogen-bond donors (Lipinski definition) is 3. The Morgan fingerprint density at radius 2 is 1.97 bits per heavy atom. The lowest BCUT2D eigenvalue weighted by atomic mass is 10.0. The fourth-order valence-electron chi connectivity index (χ4n) is 3.79. The second-order valence-electron chi connectivity index (χ2n) is 8.33. The minimum Gasteiger partial charge on any atom is -0.442 e. The van der Waals surface area contributed by atoms with Gasteiger partial charge in [-0.1, -0.05) is 12.1 Å². The summed E-state index contributed by atoms with van der Waals surface area (Å²) in [4.78, 5) is 40.7. The van der Waals surface area contributed by atoms with Gasteiger partial charge in [0.1, 0.15) is 11.9 Å². The highest BCUT2D eigenvalue weighted by Crippen LogP contribution is 2.29. The molecule has 3 aromatic rings. The first kappa shape index (κ1) is 24.7. The average molecular weight is 495 g/mol. The van der Waals surface area contributed by atoms with Crippen LogP contribution in [0.4, 0.5) is 25.4 Å². The normalized spacial score (nSPS) is 14.9. The molecule has 4 amide bonds. The predicted molar refractivity (Wildman–Crippen MR) is 132 cm³/mol. The molecule has 0 bridgehead atoms. The van der Waals surface area contributed by atoms with Gasteiger partial charge in [0.05, 0.1) is 25.1 Å². The van der Waals surface area contributed by atoms with Crippen LogP contribution in [0, 0.1) is 5.82 Å². The zero-order chi connectivity index (χ0) is 25.5. The quantitative estimate of drug-likeness (QED) is 0.395. The summed E-state index contributed by atoms with van der Waals surface area (Å²) in [6, 6.07) is 11.0. The van der Waals surface area contributed by atoms with E-state index in [1.165, 1.54) is 17.9 Å². The number of rotatable bonds is 9. The Balaban J connectivity index is 1.30. The number of cyclic esters (lactones) is 1. The number of amides is 4. The molecule has 2 heterocycles. The highest BCUT2D eigenvalue weighted by molar-refractivity contribution is 5.91. The summed E-state index contributed by atoms with van der Waals surface area (Å²) < 4.78 is 22.1.